The van der Waals surface area contributed by atoms with Gasteiger partial charge in [0.2, 0.25) is 0 Å². The Labute approximate surface area is 146 Å². The van der Waals surface area contributed by atoms with Gasteiger partial charge in [-0.3, -0.25) is 9.78 Å². The highest BCUT2D eigenvalue weighted by molar-refractivity contribution is 6.09. The van der Waals surface area contributed by atoms with Gasteiger partial charge in [0.05, 0.1) is 5.56 Å². The molecule has 0 spiro atoms. The number of hydrogen-bond acceptors (Lipinski definition) is 2. The van der Waals surface area contributed by atoms with Crippen LogP contribution in [-0.2, 0) is 0 Å². The van der Waals surface area contributed by atoms with Crippen molar-refractivity contribution >= 4 is 28.4 Å². The number of carbonyl (C=O) groups excluding carboxylic acids is 1. The zero-order valence-corrected chi connectivity index (χ0v) is 13.2. The van der Waals surface area contributed by atoms with Crippen molar-refractivity contribution in [3.05, 3.63) is 77.9 Å². The van der Waals surface area contributed by atoms with Crippen molar-refractivity contribution in [1.82, 2.24) is 4.98 Å². The van der Waals surface area contributed by atoms with Gasteiger partial charge in [0.25, 0.3) is 5.91 Å². The molecule has 1 amide bonds. The second-order valence-corrected chi connectivity index (χ2v) is 5.47. The lowest BCUT2D eigenvalue weighted by atomic mass is 10.1. The zero-order chi connectivity index (χ0) is 18.7. The van der Waals surface area contributed by atoms with E-state index in [1.54, 1.807) is 30.6 Å². The normalized spacial score (nSPS) is 11.8. The number of allylic oxidation sites excluding steroid dienone is 1. The lowest BCUT2D eigenvalue weighted by Crippen LogP contribution is -2.14. The van der Waals surface area contributed by atoms with Crippen LogP contribution in [0.3, 0.4) is 0 Å². The number of halogens is 4. The van der Waals surface area contributed by atoms with Crippen LogP contribution in [0, 0.1) is 5.82 Å². The van der Waals surface area contributed by atoms with Gasteiger partial charge in [0, 0.05) is 34.9 Å². The Morgan fingerprint density at radius 3 is 2.65 bits per heavy atom. The van der Waals surface area contributed by atoms with Gasteiger partial charge in [0.1, 0.15) is 5.82 Å². The minimum absolute atomic E-state index is 0.00561. The fourth-order valence-corrected chi connectivity index (χ4v) is 2.43. The maximum Gasteiger partial charge on any atom is 0.409 e. The number of hydrogen-bond donors (Lipinski definition) is 1. The number of amides is 1. The molecule has 1 heterocycles. The summed E-state index contributed by atoms with van der Waals surface area (Å²) in [4.78, 5) is 16.3. The number of aromatic nitrogens is 1. The van der Waals surface area contributed by atoms with Crippen molar-refractivity contribution < 1.29 is 22.4 Å². The molecular weight excluding hydrogens is 348 g/mol. The first-order valence-corrected chi connectivity index (χ1v) is 7.53. The average Bonchev–Trinajstić information content (AvgIpc) is 2.59. The minimum atomic E-state index is -4.49. The summed E-state index contributed by atoms with van der Waals surface area (Å²) in [5, 5.41) is 4.15. The Kier molecular flexibility index (Phi) is 4.71. The number of anilines is 1. The monoisotopic (exact) mass is 360 g/mol. The van der Waals surface area contributed by atoms with E-state index in [0.29, 0.717) is 5.69 Å². The molecule has 0 unspecified atom stereocenters. The lowest BCUT2D eigenvalue weighted by molar-refractivity contribution is -0.0790. The van der Waals surface area contributed by atoms with Gasteiger partial charge >= 0.3 is 6.18 Å². The standard InChI is InChI=1S/C19H12F4N2O/c20-16-10-12(6-8-19(21,22)23)4-5-15(16)18(26)25-17-3-1-2-13-11-24-9-7-14(13)17/h1-11H,(H,25,26)/b8-6+. The summed E-state index contributed by atoms with van der Waals surface area (Å²) in [5.74, 6) is -1.60. The number of carbonyl (C=O) groups is 1. The van der Waals surface area contributed by atoms with Crippen molar-refractivity contribution in [2.24, 2.45) is 0 Å². The van der Waals surface area contributed by atoms with E-state index in [0.717, 1.165) is 29.0 Å². The molecule has 7 heteroatoms. The SMILES string of the molecule is O=C(Nc1cccc2cnccc12)c1ccc(/C=C/C(F)(F)F)cc1F. The molecule has 0 bridgehead atoms. The summed E-state index contributed by atoms with van der Waals surface area (Å²) in [6, 6.07) is 10.2. The van der Waals surface area contributed by atoms with E-state index in [-0.39, 0.29) is 17.2 Å². The molecule has 0 aliphatic heterocycles. The molecule has 0 fully saturated rings. The number of nitrogens with one attached hydrogen (secondary N) is 1. The van der Waals surface area contributed by atoms with E-state index in [4.69, 9.17) is 0 Å². The largest absolute Gasteiger partial charge is 0.409 e. The number of alkyl halides is 3. The molecule has 0 saturated heterocycles. The molecule has 0 saturated carbocycles. The van der Waals surface area contributed by atoms with Crippen LogP contribution >= 0.6 is 0 Å². The van der Waals surface area contributed by atoms with Crippen LogP contribution in [0.1, 0.15) is 15.9 Å². The number of rotatable bonds is 3. The summed E-state index contributed by atoms with van der Waals surface area (Å²) in [6.07, 6.45) is -0.544. The molecule has 0 radical (unpaired) electrons. The number of fused-ring (bicyclic) bond motifs is 1. The molecule has 2 aromatic carbocycles. The molecule has 3 nitrogen and oxygen atoms in total. The van der Waals surface area contributed by atoms with Crippen molar-refractivity contribution in [3.63, 3.8) is 0 Å². The van der Waals surface area contributed by atoms with Gasteiger partial charge < -0.3 is 5.32 Å². The predicted molar refractivity (Wildman–Crippen MR) is 91.2 cm³/mol. The highest BCUT2D eigenvalue weighted by Crippen LogP contribution is 2.24. The third kappa shape index (κ3) is 4.05. The summed E-state index contributed by atoms with van der Waals surface area (Å²) >= 11 is 0. The molecule has 3 rings (SSSR count). The van der Waals surface area contributed by atoms with E-state index in [9.17, 15) is 22.4 Å². The first-order chi connectivity index (χ1) is 12.3. The Balaban J connectivity index is 1.85. The molecule has 0 aliphatic rings. The van der Waals surface area contributed by atoms with E-state index in [2.05, 4.69) is 10.3 Å². The zero-order valence-electron chi connectivity index (χ0n) is 13.2. The van der Waals surface area contributed by atoms with Gasteiger partial charge in [-0.1, -0.05) is 18.2 Å². The molecule has 132 valence electrons. The third-order valence-corrected chi connectivity index (χ3v) is 3.63. The highest BCUT2D eigenvalue weighted by atomic mass is 19.4. The van der Waals surface area contributed by atoms with E-state index < -0.39 is 17.9 Å². The van der Waals surface area contributed by atoms with Gasteiger partial charge in [-0.25, -0.2) is 4.39 Å². The molecule has 26 heavy (non-hydrogen) atoms. The molecule has 3 aromatic rings. The van der Waals surface area contributed by atoms with Crippen LogP contribution in [0.25, 0.3) is 16.8 Å². The second-order valence-electron chi connectivity index (χ2n) is 5.47. The Bertz CT molecular complexity index is 991. The first kappa shape index (κ1) is 17.6. The smallest absolute Gasteiger partial charge is 0.321 e. The third-order valence-electron chi connectivity index (χ3n) is 3.63. The van der Waals surface area contributed by atoms with Crippen LogP contribution in [0.15, 0.2) is 60.9 Å². The number of nitrogens with zero attached hydrogens (tertiary/aromatic N) is 1. The topological polar surface area (TPSA) is 42.0 Å². The molecular formula is C19H12F4N2O. The Morgan fingerprint density at radius 2 is 1.92 bits per heavy atom. The summed E-state index contributed by atoms with van der Waals surface area (Å²) in [7, 11) is 0. The van der Waals surface area contributed by atoms with Crippen LogP contribution in [-0.4, -0.2) is 17.1 Å². The number of pyridine rings is 1. The van der Waals surface area contributed by atoms with E-state index in [1.165, 1.54) is 6.07 Å². The first-order valence-electron chi connectivity index (χ1n) is 7.53. The molecule has 1 N–H and O–H groups in total. The van der Waals surface area contributed by atoms with Crippen molar-refractivity contribution in [1.29, 1.82) is 0 Å². The van der Waals surface area contributed by atoms with Gasteiger partial charge in [-0.2, -0.15) is 13.2 Å². The molecule has 0 atom stereocenters. The maximum absolute atomic E-state index is 14.2. The predicted octanol–water partition coefficient (Wildman–Crippen LogP) is 5.20. The van der Waals surface area contributed by atoms with Crippen molar-refractivity contribution in [2.75, 3.05) is 5.32 Å². The lowest BCUT2D eigenvalue weighted by Gasteiger charge is -2.09. The van der Waals surface area contributed by atoms with Crippen LogP contribution < -0.4 is 5.32 Å². The fraction of sp³-hybridized carbons (Fsp3) is 0.0526. The van der Waals surface area contributed by atoms with Crippen molar-refractivity contribution in [2.45, 2.75) is 6.18 Å². The summed E-state index contributed by atoms with van der Waals surface area (Å²) in [6.45, 7) is 0. The highest BCUT2D eigenvalue weighted by Gasteiger charge is 2.22. The fourth-order valence-electron chi connectivity index (χ4n) is 2.43. The van der Waals surface area contributed by atoms with Crippen LogP contribution in [0.2, 0.25) is 0 Å². The van der Waals surface area contributed by atoms with E-state index in [1.807, 2.05) is 6.07 Å². The molecule has 1 aromatic heterocycles. The Morgan fingerprint density at radius 1 is 1.12 bits per heavy atom. The second kappa shape index (κ2) is 6.95. The van der Waals surface area contributed by atoms with Gasteiger partial charge in [0.15, 0.2) is 0 Å². The van der Waals surface area contributed by atoms with Crippen LogP contribution in [0.4, 0.5) is 23.2 Å². The summed E-state index contributed by atoms with van der Waals surface area (Å²) in [5.41, 5.74) is 0.225. The maximum atomic E-state index is 14.2. The van der Waals surface area contributed by atoms with Gasteiger partial charge in [-0.15, -0.1) is 0 Å². The van der Waals surface area contributed by atoms with Gasteiger partial charge in [-0.05, 0) is 35.9 Å². The summed E-state index contributed by atoms with van der Waals surface area (Å²) < 4.78 is 50.7. The van der Waals surface area contributed by atoms with Crippen LogP contribution in [0.5, 0.6) is 0 Å². The van der Waals surface area contributed by atoms with Crippen molar-refractivity contribution in [3.8, 4) is 0 Å². The minimum Gasteiger partial charge on any atom is -0.321 e. The van der Waals surface area contributed by atoms with E-state index >= 15 is 0 Å². The Hall–Kier alpha value is -3.22. The number of benzene rings is 2. The quantitative estimate of drug-likeness (QED) is 0.652. The average molecular weight is 360 g/mol. The molecule has 0 aliphatic carbocycles.